The molecule has 1 heterocycles. The second-order valence-electron chi connectivity index (χ2n) is 5.62. The zero-order chi connectivity index (χ0) is 20.0. The molecule has 0 aliphatic carbocycles. The van der Waals surface area contributed by atoms with Gasteiger partial charge >= 0.3 is 0 Å². The van der Waals surface area contributed by atoms with E-state index in [0.29, 0.717) is 23.7 Å². The van der Waals surface area contributed by atoms with Crippen LogP contribution in [0.1, 0.15) is 34.2 Å². The van der Waals surface area contributed by atoms with Crippen LogP contribution in [0.4, 0.5) is 5.69 Å². The van der Waals surface area contributed by atoms with E-state index in [-0.39, 0.29) is 22.9 Å². The fourth-order valence-corrected chi connectivity index (χ4v) is 2.59. The van der Waals surface area contributed by atoms with Gasteiger partial charge in [-0.05, 0) is 18.6 Å². The molecule has 0 fully saturated rings. The van der Waals surface area contributed by atoms with Crippen molar-refractivity contribution in [3.05, 3.63) is 29.6 Å². The molecule has 0 saturated carbocycles. The third-order valence-electron chi connectivity index (χ3n) is 3.89. The van der Waals surface area contributed by atoms with E-state index in [0.717, 1.165) is 6.42 Å². The first-order chi connectivity index (χ1) is 13.0. The van der Waals surface area contributed by atoms with Gasteiger partial charge in [-0.25, -0.2) is 0 Å². The summed E-state index contributed by atoms with van der Waals surface area (Å²) < 4.78 is 17.3. The lowest BCUT2D eigenvalue weighted by Gasteiger charge is -2.15. The molecule has 1 aromatic carbocycles. The Balaban J connectivity index is 2.35. The van der Waals surface area contributed by atoms with Crippen LogP contribution in [-0.2, 0) is 7.05 Å². The average Bonchev–Trinajstić information content (AvgIpc) is 3.04. The number of ether oxygens (including phenoxy) is 3. The predicted molar refractivity (Wildman–Crippen MR) is 99.9 cm³/mol. The summed E-state index contributed by atoms with van der Waals surface area (Å²) in [7, 11) is 6.02. The molecular formula is C18H24N4O5. The van der Waals surface area contributed by atoms with Crippen LogP contribution in [0.5, 0.6) is 17.2 Å². The van der Waals surface area contributed by atoms with Crippen molar-refractivity contribution >= 4 is 17.5 Å². The summed E-state index contributed by atoms with van der Waals surface area (Å²) in [5.41, 5.74) is 0.795. The number of nitrogens with zero attached hydrogens (tertiary/aromatic N) is 2. The summed E-state index contributed by atoms with van der Waals surface area (Å²) in [6.07, 6.45) is 2.22. The smallest absolute Gasteiger partial charge is 0.271 e. The molecule has 0 atom stereocenters. The van der Waals surface area contributed by atoms with Crippen molar-refractivity contribution in [1.82, 2.24) is 15.1 Å². The van der Waals surface area contributed by atoms with Gasteiger partial charge in [-0.1, -0.05) is 6.92 Å². The Hall–Kier alpha value is -3.23. The molecule has 0 radical (unpaired) electrons. The van der Waals surface area contributed by atoms with E-state index in [9.17, 15) is 9.59 Å². The van der Waals surface area contributed by atoms with Crippen molar-refractivity contribution in [2.24, 2.45) is 7.05 Å². The first kappa shape index (κ1) is 20.1. The second kappa shape index (κ2) is 8.93. The third kappa shape index (κ3) is 4.13. The zero-order valence-corrected chi connectivity index (χ0v) is 16.1. The lowest BCUT2D eigenvalue weighted by atomic mass is 10.1. The SMILES string of the molecule is CCCNC(=O)c1c(NC(=O)c2ccc(OC)c(OC)c2OC)cnn1C. The van der Waals surface area contributed by atoms with E-state index in [1.165, 1.54) is 32.2 Å². The highest BCUT2D eigenvalue weighted by atomic mass is 16.5. The number of carbonyl (C=O) groups is 2. The van der Waals surface area contributed by atoms with Crippen molar-refractivity contribution in [3.8, 4) is 17.2 Å². The number of aromatic nitrogens is 2. The Kier molecular flexibility index (Phi) is 6.64. The number of amides is 2. The molecule has 0 aliphatic rings. The number of aryl methyl sites for hydroxylation is 1. The normalized spacial score (nSPS) is 10.3. The number of hydrogen-bond acceptors (Lipinski definition) is 6. The quantitative estimate of drug-likeness (QED) is 0.729. The van der Waals surface area contributed by atoms with E-state index < -0.39 is 5.91 Å². The largest absolute Gasteiger partial charge is 0.493 e. The van der Waals surface area contributed by atoms with Gasteiger partial charge in [-0.3, -0.25) is 14.3 Å². The number of nitrogens with one attached hydrogen (secondary N) is 2. The van der Waals surface area contributed by atoms with Gasteiger partial charge in [0, 0.05) is 13.6 Å². The molecule has 0 bridgehead atoms. The molecule has 9 heteroatoms. The minimum absolute atomic E-state index is 0.232. The summed E-state index contributed by atoms with van der Waals surface area (Å²) in [4.78, 5) is 25.2. The molecule has 0 aliphatic heterocycles. The predicted octanol–water partition coefficient (Wildman–Crippen LogP) is 1.84. The van der Waals surface area contributed by atoms with Crippen LogP contribution in [0.3, 0.4) is 0 Å². The Bertz CT molecular complexity index is 831. The highest BCUT2D eigenvalue weighted by Crippen LogP contribution is 2.40. The number of rotatable bonds is 8. The summed E-state index contributed by atoms with van der Waals surface area (Å²) in [5, 5.41) is 9.54. The Morgan fingerprint density at radius 1 is 1.07 bits per heavy atom. The molecule has 9 nitrogen and oxygen atoms in total. The standard InChI is InChI=1S/C18H24N4O5/c1-6-9-19-18(24)14-12(10-20-22(14)2)21-17(23)11-7-8-13(25-3)16(27-5)15(11)26-4/h7-8,10H,6,9H2,1-5H3,(H,19,24)(H,21,23). The number of anilines is 1. The van der Waals surface area contributed by atoms with E-state index in [1.54, 1.807) is 19.2 Å². The van der Waals surface area contributed by atoms with Crippen molar-refractivity contribution < 1.29 is 23.8 Å². The van der Waals surface area contributed by atoms with Crippen LogP contribution < -0.4 is 24.8 Å². The van der Waals surface area contributed by atoms with E-state index in [4.69, 9.17) is 14.2 Å². The van der Waals surface area contributed by atoms with Crippen LogP contribution in [0, 0.1) is 0 Å². The molecule has 2 N–H and O–H groups in total. The molecule has 2 amide bonds. The zero-order valence-electron chi connectivity index (χ0n) is 16.1. The van der Waals surface area contributed by atoms with Gasteiger partial charge in [0.1, 0.15) is 5.69 Å². The summed E-state index contributed by atoms with van der Waals surface area (Å²) in [5.74, 6) is 0.193. The first-order valence-corrected chi connectivity index (χ1v) is 8.38. The van der Waals surface area contributed by atoms with Gasteiger partial charge in [-0.15, -0.1) is 0 Å². The Labute approximate surface area is 157 Å². The van der Waals surface area contributed by atoms with Gasteiger partial charge < -0.3 is 24.8 Å². The molecule has 146 valence electrons. The van der Waals surface area contributed by atoms with Crippen molar-refractivity contribution in [3.63, 3.8) is 0 Å². The minimum atomic E-state index is -0.467. The van der Waals surface area contributed by atoms with Crippen molar-refractivity contribution in [2.45, 2.75) is 13.3 Å². The summed E-state index contributed by atoms with van der Waals surface area (Å²) in [6, 6.07) is 3.16. The maximum atomic E-state index is 12.8. The van der Waals surface area contributed by atoms with Gasteiger partial charge in [0.15, 0.2) is 11.5 Å². The van der Waals surface area contributed by atoms with Crippen LogP contribution in [-0.4, -0.2) is 49.5 Å². The maximum Gasteiger partial charge on any atom is 0.271 e. The van der Waals surface area contributed by atoms with Gasteiger partial charge in [0.2, 0.25) is 5.75 Å². The first-order valence-electron chi connectivity index (χ1n) is 8.38. The number of carbonyl (C=O) groups excluding carboxylic acids is 2. The van der Waals surface area contributed by atoms with Crippen molar-refractivity contribution in [2.75, 3.05) is 33.2 Å². The lowest BCUT2D eigenvalue weighted by molar-refractivity contribution is 0.0945. The van der Waals surface area contributed by atoms with E-state index in [1.807, 2.05) is 6.92 Å². The topological polar surface area (TPSA) is 104 Å². The molecule has 0 spiro atoms. The van der Waals surface area contributed by atoms with Crippen molar-refractivity contribution in [1.29, 1.82) is 0 Å². The van der Waals surface area contributed by atoms with E-state index >= 15 is 0 Å². The molecule has 1 aromatic heterocycles. The fraction of sp³-hybridized carbons (Fsp3) is 0.389. The molecule has 27 heavy (non-hydrogen) atoms. The third-order valence-corrected chi connectivity index (χ3v) is 3.89. The molecule has 2 rings (SSSR count). The maximum absolute atomic E-state index is 12.8. The summed E-state index contributed by atoms with van der Waals surface area (Å²) in [6.45, 7) is 2.48. The summed E-state index contributed by atoms with van der Waals surface area (Å²) >= 11 is 0. The fourth-order valence-electron chi connectivity index (χ4n) is 2.59. The number of hydrogen-bond donors (Lipinski definition) is 2. The monoisotopic (exact) mass is 376 g/mol. The Morgan fingerprint density at radius 2 is 1.78 bits per heavy atom. The molecule has 2 aromatic rings. The molecule has 0 saturated heterocycles. The van der Waals surface area contributed by atoms with E-state index in [2.05, 4.69) is 15.7 Å². The Morgan fingerprint density at radius 3 is 2.37 bits per heavy atom. The minimum Gasteiger partial charge on any atom is -0.493 e. The van der Waals surface area contributed by atoms with Gasteiger partial charge in [0.05, 0.1) is 38.8 Å². The number of methoxy groups -OCH3 is 3. The molecule has 0 unspecified atom stereocenters. The van der Waals surface area contributed by atoms with Crippen LogP contribution in [0.2, 0.25) is 0 Å². The second-order valence-corrected chi connectivity index (χ2v) is 5.62. The highest BCUT2D eigenvalue weighted by molar-refractivity contribution is 6.10. The van der Waals surface area contributed by atoms with Crippen LogP contribution in [0.15, 0.2) is 18.3 Å². The average molecular weight is 376 g/mol. The highest BCUT2D eigenvalue weighted by Gasteiger charge is 2.23. The van der Waals surface area contributed by atoms with Crippen LogP contribution in [0.25, 0.3) is 0 Å². The van der Waals surface area contributed by atoms with Gasteiger partial charge in [-0.2, -0.15) is 5.10 Å². The van der Waals surface area contributed by atoms with Crippen LogP contribution >= 0.6 is 0 Å². The molecular weight excluding hydrogens is 352 g/mol. The lowest BCUT2D eigenvalue weighted by Crippen LogP contribution is -2.27. The number of benzene rings is 1. The van der Waals surface area contributed by atoms with Gasteiger partial charge in [0.25, 0.3) is 11.8 Å².